The van der Waals surface area contributed by atoms with E-state index in [-0.39, 0.29) is 23.2 Å². The van der Waals surface area contributed by atoms with Crippen LogP contribution in [0.2, 0.25) is 0 Å². The number of nitrogens with one attached hydrogen (secondary N) is 1. The minimum Gasteiger partial charge on any atom is -0.377 e. The van der Waals surface area contributed by atoms with Gasteiger partial charge < -0.3 is 4.74 Å². The van der Waals surface area contributed by atoms with E-state index in [1.165, 1.54) is 37.6 Å². The first-order valence-electron chi connectivity index (χ1n) is 7.09. The highest BCUT2D eigenvalue weighted by molar-refractivity contribution is 7.89. The van der Waals surface area contributed by atoms with Gasteiger partial charge in [-0.05, 0) is 25.0 Å². The van der Waals surface area contributed by atoms with E-state index in [0.29, 0.717) is 6.61 Å². The average Bonchev–Trinajstić information content (AvgIpc) is 2.53. The summed E-state index contributed by atoms with van der Waals surface area (Å²) in [5.74, 6) is 0. The van der Waals surface area contributed by atoms with Gasteiger partial charge in [-0.1, -0.05) is 19.3 Å². The maximum atomic E-state index is 12.0. The third kappa shape index (κ3) is 4.77. The molecule has 0 atom stereocenters. The average molecular weight is 309 g/mol. The van der Waals surface area contributed by atoms with Crippen molar-refractivity contribution in [2.75, 3.05) is 13.2 Å². The summed E-state index contributed by atoms with van der Waals surface area (Å²) in [6, 6.07) is 4.60. The summed E-state index contributed by atoms with van der Waals surface area (Å²) in [5, 5.41) is 8.63. The summed E-state index contributed by atoms with van der Waals surface area (Å²) in [7, 11) is -3.59. The van der Waals surface area contributed by atoms with Crippen molar-refractivity contribution in [3.63, 3.8) is 0 Å². The Bertz CT molecular complexity index is 587. The van der Waals surface area contributed by atoms with Crippen LogP contribution in [0.1, 0.15) is 37.8 Å². The Morgan fingerprint density at radius 3 is 2.71 bits per heavy atom. The molecule has 1 aliphatic rings. The predicted molar refractivity (Wildman–Crippen MR) is 77.0 cm³/mol. The van der Waals surface area contributed by atoms with Crippen molar-refractivity contribution < 1.29 is 13.2 Å². The third-order valence-corrected chi connectivity index (χ3v) is 4.91. The molecule has 0 aromatic carbocycles. The number of nitrogens with zero attached hydrogens (tertiary/aromatic N) is 2. The second kappa shape index (κ2) is 7.50. The lowest BCUT2D eigenvalue weighted by atomic mass is 9.98. The van der Waals surface area contributed by atoms with Crippen LogP contribution in [0.25, 0.3) is 0 Å². The van der Waals surface area contributed by atoms with Crippen molar-refractivity contribution in [1.29, 1.82) is 5.26 Å². The second-order valence-electron chi connectivity index (χ2n) is 5.02. The molecule has 0 aliphatic heterocycles. The van der Waals surface area contributed by atoms with Crippen LogP contribution in [0.4, 0.5) is 0 Å². The summed E-state index contributed by atoms with van der Waals surface area (Å²) >= 11 is 0. The number of rotatable bonds is 6. The van der Waals surface area contributed by atoms with Gasteiger partial charge in [0.2, 0.25) is 10.0 Å². The molecule has 1 aromatic rings. The molecule has 1 aromatic heterocycles. The minimum atomic E-state index is -3.59. The van der Waals surface area contributed by atoms with Gasteiger partial charge in [-0.3, -0.25) is 0 Å². The van der Waals surface area contributed by atoms with Crippen molar-refractivity contribution in [1.82, 2.24) is 9.71 Å². The van der Waals surface area contributed by atoms with E-state index in [4.69, 9.17) is 10.00 Å². The van der Waals surface area contributed by atoms with E-state index in [2.05, 4.69) is 9.71 Å². The Kier molecular flexibility index (Phi) is 5.67. The topological polar surface area (TPSA) is 92.1 Å². The first kappa shape index (κ1) is 15.9. The predicted octanol–water partition coefficient (Wildman–Crippen LogP) is 1.58. The molecule has 0 amide bonds. The lowest BCUT2D eigenvalue weighted by Crippen LogP contribution is -2.29. The molecule has 6 nitrogen and oxygen atoms in total. The van der Waals surface area contributed by atoms with Crippen LogP contribution in [0.15, 0.2) is 23.2 Å². The number of hydrogen-bond acceptors (Lipinski definition) is 5. The molecule has 0 unspecified atom stereocenters. The summed E-state index contributed by atoms with van der Waals surface area (Å²) in [4.78, 5) is 3.81. The minimum absolute atomic E-state index is 0.0548. The molecule has 0 spiro atoms. The SMILES string of the molecule is N#Cc1ccc(S(=O)(=O)NCCOC2CCCCC2)cn1. The number of pyridine rings is 1. The fraction of sp³-hybridized carbons (Fsp3) is 0.571. The Labute approximate surface area is 125 Å². The molecule has 1 N–H and O–H groups in total. The molecule has 7 heteroatoms. The van der Waals surface area contributed by atoms with Crippen molar-refractivity contribution in [3.8, 4) is 6.07 Å². The second-order valence-corrected chi connectivity index (χ2v) is 6.79. The lowest BCUT2D eigenvalue weighted by molar-refractivity contribution is 0.0321. The van der Waals surface area contributed by atoms with Gasteiger partial charge in [-0.2, -0.15) is 5.26 Å². The van der Waals surface area contributed by atoms with Crippen LogP contribution in [0.5, 0.6) is 0 Å². The van der Waals surface area contributed by atoms with E-state index in [9.17, 15) is 8.42 Å². The summed E-state index contributed by atoms with van der Waals surface area (Å²) in [6.07, 6.45) is 7.21. The zero-order valence-electron chi connectivity index (χ0n) is 11.8. The van der Waals surface area contributed by atoms with Gasteiger partial charge in [0.15, 0.2) is 0 Å². The quantitative estimate of drug-likeness (QED) is 0.805. The van der Waals surface area contributed by atoms with Crippen LogP contribution in [0.3, 0.4) is 0 Å². The molecule has 0 radical (unpaired) electrons. The summed E-state index contributed by atoms with van der Waals surface area (Å²) in [5.41, 5.74) is 0.189. The molecular weight excluding hydrogens is 290 g/mol. The molecular formula is C14H19N3O3S. The normalized spacial score (nSPS) is 16.5. The van der Waals surface area contributed by atoms with Gasteiger partial charge in [0.25, 0.3) is 0 Å². The maximum absolute atomic E-state index is 12.0. The summed E-state index contributed by atoms with van der Waals surface area (Å²) < 4.78 is 32.1. The van der Waals surface area contributed by atoms with Gasteiger partial charge >= 0.3 is 0 Å². The number of hydrogen-bond donors (Lipinski definition) is 1. The fourth-order valence-electron chi connectivity index (χ4n) is 2.32. The van der Waals surface area contributed by atoms with Crippen molar-refractivity contribution >= 4 is 10.0 Å². The molecule has 1 heterocycles. The Morgan fingerprint density at radius 2 is 2.10 bits per heavy atom. The smallest absolute Gasteiger partial charge is 0.242 e. The molecule has 1 aliphatic carbocycles. The van der Waals surface area contributed by atoms with Crippen LogP contribution < -0.4 is 4.72 Å². The molecule has 0 saturated heterocycles. The zero-order chi connectivity index (χ0) is 15.1. The van der Waals surface area contributed by atoms with E-state index in [0.717, 1.165) is 12.8 Å². The van der Waals surface area contributed by atoms with Gasteiger partial charge in [0.05, 0.1) is 12.7 Å². The Hall–Kier alpha value is -1.49. The summed E-state index contributed by atoms with van der Waals surface area (Å²) in [6.45, 7) is 0.604. The lowest BCUT2D eigenvalue weighted by Gasteiger charge is -2.21. The van der Waals surface area contributed by atoms with Gasteiger partial charge in [0, 0.05) is 12.7 Å². The highest BCUT2D eigenvalue weighted by atomic mass is 32.2. The van der Waals surface area contributed by atoms with Gasteiger partial charge in [-0.15, -0.1) is 0 Å². The highest BCUT2D eigenvalue weighted by Gasteiger charge is 2.16. The van der Waals surface area contributed by atoms with Crippen LogP contribution in [-0.4, -0.2) is 32.7 Å². The van der Waals surface area contributed by atoms with Crippen molar-refractivity contribution in [2.45, 2.75) is 43.1 Å². The van der Waals surface area contributed by atoms with Crippen molar-refractivity contribution in [2.24, 2.45) is 0 Å². The molecule has 1 saturated carbocycles. The number of ether oxygens (including phenoxy) is 1. The van der Waals surface area contributed by atoms with Crippen molar-refractivity contribution in [3.05, 3.63) is 24.0 Å². The first-order valence-corrected chi connectivity index (χ1v) is 8.57. The molecule has 0 bridgehead atoms. The van der Waals surface area contributed by atoms with Crippen LogP contribution in [0, 0.1) is 11.3 Å². The fourth-order valence-corrected chi connectivity index (χ4v) is 3.28. The molecule has 2 rings (SSSR count). The maximum Gasteiger partial charge on any atom is 0.242 e. The van der Waals surface area contributed by atoms with E-state index < -0.39 is 10.0 Å². The van der Waals surface area contributed by atoms with E-state index in [1.54, 1.807) is 0 Å². The molecule has 1 fully saturated rings. The Morgan fingerprint density at radius 1 is 1.33 bits per heavy atom. The number of sulfonamides is 1. The Balaban J connectivity index is 1.79. The highest BCUT2D eigenvalue weighted by Crippen LogP contribution is 2.19. The monoisotopic (exact) mass is 309 g/mol. The van der Waals surface area contributed by atoms with Gasteiger partial charge in [0.1, 0.15) is 16.7 Å². The van der Waals surface area contributed by atoms with Gasteiger partial charge in [-0.25, -0.2) is 18.1 Å². The van der Waals surface area contributed by atoms with E-state index in [1.807, 2.05) is 6.07 Å². The largest absolute Gasteiger partial charge is 0.377 e. The molecule has 114 valence electrons. The first-order chi connectivity index (χ1) is 10.1. The zero-order valence-corrected chi connectivity index (χ0v) is 12.6. The number of aromatic nitrogens is 1. The van der Waals surface area contributed by atoms with Crippen LogP contribution >= 0.6 is 0 Å². The third-order valence-electron chi connectivity index (χ3n) is 3.46. The van der Waals surface area contributed by atoms with Crippen LogP contribution in [-0.2, 0) is 14.8 Å². The number of nitriles is 1. The standard InChI is InChI=1S/C14H19N3O3S/c15-10-12-6-7-14(11-16-12)21(18,19)17-8-9-20-13-4-2-1-3-5-13/h6-7,11,13,17H,1-5,8-9H2. The van der Waals surface area contributed by atoms with E-state index >= 15 is 0 Å². The molecule has 21 heavy (non-hydrogen) atoms.